The van der Waals surface area contributed by atoms with Crippen molar-refractivity contribution in [1.29, 1.82) is 5.26 Å². The average Bonchev–Trinajstić information content (AvgIpc) is 2.94. The van der Waals surface area contributed by atoms with Crippen LogP contribution >= 0.6 is 15.9 Å². The van der Waals surface area contributed by atoms with Gasteiger partial charge in [-0.15, -0.1) is 0 Å². The van der Waals surface area contributed by atoms with Gasteiger partial charge in [-0.05, 0) is 23.3 Å². The smallest absolute Gasteiger partial charge is 0.254 e. The van der Waals surface area contributed by atoms with Gasteiger partial charge in [-0.25, -0.2) is 0 Å². The van der Waals surface area contributed by atoms with Crippen LogP contribution in [0.1, 0.15) is 23.5 Å². The molecule has 4 atom stereocenters. The summed E-state index contributed by atoms with van der Waals surface area (Å²) >= 11 is 3.29. The standard InChI is InChI=1S/C19H16BrN3O4/c20-14-8-6-12(7-9-14)15-16(23(26)27)19(25,13-4-2-1-3-5-13)10-18(15,11-21)17(22)24/h1-9,15-16,25H,10H2,(H2,22,24)/t15-,16-,18-,19-/m0/s1. The molecule has 0 radical (unpaired) electrons. The number of aliphatic hydroxyl groups is 1. The van der Waals surface area contributed by atoms with E-state index in [-0.39, 0.29) is 5.56 Å². The summed E-state index contributed by atoms with van der Waals surface area (Å²) in [7, 11) is 0. The highest BCUT2D eigenvalue weighted by atomic mass is 79.9. The number of hydrogen-bond acceptors (Lipinski definition) is 5. The number of nitriles is 1. The zero-order valence-corrected chi connectivity index (χ0v) is 15.7. The molecule has 3 N–H and O–H groups in total. The molecular weight excluding hydrogens is 414 g/mol. The first kappa shape index (κ1) is 19.0. The molecule has 1 aliphatic rings. The summed E-state index contributed by atoms with van der Waals surface area (Å²) in [5, 5.41) is 33.3. The Hall–Kier alpha value is -2.76. The van der Waals surface area contributed by atoms with Crippen LogP contribution in [0.5, 0.6) is 0 Å². The maximum Gasteiger partial charge on any atom is 0.254 e. The largest absolute Gasteiger partial charge is 0.378 e. The first-order chi connectivity index (χ1) is 12.8. The van der Waals surface area contributed by atoms with Gasteiger partial charge in [0.15, 0.2) is 11.0 Å². The second-order valence-corrected chi connectivity index (χ2v) is 7.59. The minimum atomic E-state index is -2.02. The molecule has 1 saturated carbocycles. The fourth-order valence-corrected chi connectivity index (χ4v) is 4.29. The van der Waals surface area contributed by atoms with Gasteiger partial charge in [-0.1, -0.05) is 58.4 Å². The summed E-state index contributed by atoms with van der Waals surface area (Å²) in [6.45, 7) is 0. The van der Waals surface area contributed by atoms with E-state index in [1.807, 2.05) is 6.07 Å². The van der Waals surface area contributed by atoms with Crippen LogP contribution in [0.2, 0.25) is 0 Å². The zero-order valence-electron chi connectivity index (χ0n) is 14.1. The summed E-state index contributed by atoms with van der Waals surface area (Å²) in [5.74, 6) is -2.19. The predicted molar refractivity (Wildman–Crippen MR) is 99.9 cm³/mol. The molecule has 0 saturated heterocycles. The molecule has 0 heterocycles. The van der Waals surface area contributed by atoms with E-state index in [2.05, 4.69) is 15.9 Å². The van der Waals surface area contributed by atoms with Crippen LogP contribution < -0.4 is 5.73 Å². The van der Waals surface area contributed by atoms with Crippen molar-refractivity contribution in [2.75, 3.05) is 0 Å². The van der Waals surface area contributed by atoms with Crippen LogP contribution in [-0.4, -0.2) is 22.0 Å². The molecule has 1 amide bonds. The van der Waals surface area contributed by atoms with Gasteiger partial charge in [0.1, 0.15) is 0 Å². The third-order valence-electron chi connectivity index (χ3n) is 5.25. The number of amides is 1. The number of rotatable bonds is 4. The number of hydrogen-bond donors (Lipinski definition) is 2. The highest BCUT2D eigenvalue weighted by Gasteiger charge is 2.70. The number of nitro groups is 1. The second kappa shape index (κ2) is 6.76. The van der Waals surface area contributed by atoms with E-state index < -0.39 is 40.2 Å². The van der Waals surface area contributed by atoms with Crippen molar-refractivity contribution in [2.24, 2.45) is 11.1 Å². The number of nitrogens with two attached hydrogens (primary N) is 1. The summed E-state index contributed by atoms with van der Waals surface area (Å²) in [5.41, 5.74) is 2.28. The first-order valence-electron chi connectivity index (χ1n) is 8.14. The molecule has 0 unspecified atom stereocenters. The third kappa shape index (κ3) is 2.89. The Morgan fingerprint density at radius 2 is 1.85 bits per heavy atom. The van der Waals surface area contributed by atoms with Gasteiger partial charge in [0.25, 0.3) is 6.04 Å². The van der Waals surface area contributed by atoms with Crippen LogP contribution in [0.3, 0.4) is 0 Å². The van der Waals surface area contributed by atoms with E-state index in [0.29, 0.717) is 5.56 Å². The molecule has 0 aliphatic heterocycles. The number of carbonyl (C=O) groups is 1. The van der Waals surface area contributed by atoms with Gasteiger partial charge in [-0.3, -0.25) is 14.9 Å². The summed E-state index contributed by atoms with van der Waals surface area (Å²) < 4.78 is 0.738. The Balaban J connectivity index is 2.29. The van der Waals surface area contributed by atoms with Crippen LogP contribution in [0, 0.1) is 26.9 Å². The second-order valence-electron chi connectivity index (χ2n) is 6.67. The van der Waals surface area contributed by atoms with Crippen molar-refractivity contribution in [3.8, 4) is 6.07 Å². The van der Waals surface area contributed by atoms with Crippen LogP contribution in [-0.2, 0) is 10.4 Å². The molecule has 1 fully saturated rings. The van der Waals surface area contributed by atoms with E-state index in [9.17, 15) is 25.3 Å². The normalized spacial score (nSPS) is 29.8. The van der Waals surface area contributed by atoms with E-state index >= 15 is 0 Å². The Morgan fingerprint density at radius 3 is 2.33 bits per heavy atom. The van der Waals surface area contributed by atoms with Gasteiger partial charge in [0, 0.05) is 15.8 Å². The Labute approximate surface area is 163 Å². The summed E-state index contributed by atoms with van der Waals surface area (Å²) in [6.07, 6.45) is -0.456. The quantitative estimate of drug-likeness (QED) is 0.569. The third-order valence-corrected chi connectivity index (χ3v) is 5.78. The molecule has 8 heteroatoms. The van der Waals surface area contributed by atoms with Gasteiger partial charge < -0.3 is 10.8 Å². The van der Waals surface area contributed by atoms with Gasteiger partial charge in [0.2, 0.25) is 5.91 Å². The van der Waals surface area contributed by atoms with Crippen molar-refractivity contribution in [1.82, 2.24) is 0 Å². The minimum absolute atomic E-state index is 0.271. The molecule has 27 heavy (non-hydrogen) atoms. The minimum Gasteiger partial charge on any atom is -0.378 e. The number of benzene rings is 2. The van der Waals surface area contributed by atoms with Gasteiger partial charge in [-0.2, -0.15) is 5.26 Å². The molecule has 7 nitrogen and oxygen atoms in total. The lowest BCUT2D eigenvalue weighted by Crippen LogP contribution is -2.43. The number of halogens is 1. The molecule has 138 valence electrons. The maximum absolute atomic E-state index is 12.3. The molecule has 0 bridgehead atoms. The summed E-state index contributed by atoms with van der Waals surface area (Å²) in [4.78, 5) is 23.8. The predicted octanol–water partition coefficient (Wildman–Crippen LogP) is 2.46. The highest BCUT2D eigenvalue weighted by Crippen LogP contribution is 2.58. The molecule has 1 aliphatic carbocycles. The van der Waals surface area contributed by atoms with Gasteiger partial charge >= 0.3 is 0 Å². The van der Waals surface area contributed by atoms with Gasteiger partial charge in [0.05, 0.1) is 12.0 Å². The Kier molecular flexibility index (Phi) is 4.76. The van der Waals surface area contributed by atoms with Crippen molar-refractivity contribution in [3.05, 3.63) is 80.3 Å². The van der Waals surface area contributed by atoms with Crippen molar-refractivity contribution in [3.63, 3.8) is 0 Å². The van der Waals surface area contributed by atoms with Crippen LogP contribution in [0.25, 0.3) is 0 Å². The Morgan fingerprint density at radius 1 is 1.26 bits per heavy atom. The zero-order chi connectivity index (χ0) is 19.8. The monoisotopic (exact) mass is 429 g/mol. The lowest BCUT2D eigenvalue weighted by Gasteiger charge is -2.27. The van der Waals surface area contributed by atoms with E-state index in [1.165, 1.54) is 0 Å². The first-order valence-corrected chi connectivity index (χ1v) is 8.93. The maximum atomic E-state index is 12.3. The van der Waals surface area contributed by atoms with E-state index in [4.69, 9.17) is 5.73 Å². The molecule has 3 rings (SSSR count). The van der Waals surface area contributed by atoms with Crippen LogP contribution in [0.4, 0.5) is 0 Å². The molecule has 2 aromatic rings. The Bertz CT molecular complexity index is 928. The SMILES string of the molecule is N#C[C@@]1(C(N)=O)C[C@](O)(c2ccccc2)[C@@H]([N+](=O)[O-])[C@@H]1c1ccc(Br)cc1. The summed E-state index contributed by atoms with van der Waals surface area (Å²) in [6, 6.07) is 14.9. The van der Waals surface area contributed by atoms with Crippen molar-refractivity contribution < 1.29 is 14.8 Å². The molecular formula is C19H16BrN3O4. The number of carbonyl (C=O) groups excluding carboxylic acids is 1. The number of primary amides is 1. The van der Waals surface area contributed by atoms with E-state index in [1.54, 1.807) is 54.6 Å². The number of nitrogens with zero attached hydrogens (tertiary/aromatic N) is 2. The fraction of sp³-hybridized carbons (Fsp3) is 0.263. The van der Waals surface area contributed by atoms with Crippen molar-refractivity contribution >= 4 is 21.8 Å². The topological polar surface area (TPSA) is 130 Å². The average molecular weight is 430 g/mol. The fourth-order valence-electron chi connectivity index (χ4n) is 4.02. The van der Waals surface area contributed by atoms with Crippen molar-refractivity contribution in [2.45, 2.75) is 24.0 Å². The highest BCUT2D eigenvalue weighted by molar-refractivity contribution is 9.10. The molecule has 0 aromatic heterocycles. The lowest BCUT2D eigenvalue weighted by atomic mass is 9.74. The van der Waals surface area contributed by atoms with E-state index in [0.717, 1.165) is 4.47 Å². The molecule has 2 aromatic carbocycles. The lowest BCUT2D eigenvalue weighted by molar-refractivity contribution is -0.547. The van der Waals surface area contributed by atoms with Crippen LogP contribution in [0.15, 0.2) is 59.1 Å². The molecule has 0 spiro atoms.